The number of halogens is 3. The Morgan fingerprint density at radius 3 is 2.59 bits per heavy atom. The number of hydrogen-bond acceptors (Lipinski definition) is 7. The Hall–Kier alpha value is -2.49. The number of carbonyl (C=O) groups excluding carboxylic acids is 3. The summed E-state index contributed by atoms with van der Waals surface area (Å²) in [5, 5.41) is 10.1. The van der Waals surface area contributed by atoms with Crippen molar-refractivity contribution in [2.75, 3.05) is 6.01 Å². The minimum Gasteiger partial charge on any atom is -0.511 e. The van der Waals surface area contributed by atoms with Gasteiger partial charge in [-0.15, -0.1) is 0 Å². The molecule has 1 N–H and O–H groups in total. The summed E-state index contributed by atoms with van der Waals surface area (Å²) < 4.78 is 57.5. The maximum absolute atomic E-state index is 17.3. The molecular weight excluding hydrogens is 509 g/mol. The van der Waals surface area contributed by atoms with Gasteiger partial charge in [-0.3, -0.25) is 9.59 Å². The van der Waals surface area contributed by atoms with Gasteiger partial charge in [-0.2, -0.15) is 0 Å². The maximum Gasteiger partial charge on any atom is 0.375 e. The molecule has 200 valence electrons. The summed E-state index contributed by atoms with van der Waals surface area (Å²) in [6.07, 6.45) is 1.45. The number of aliphatic hydroxyl groups is 1. The molecule has 4 aliphatic rings. The number of fused-ring (bicyclic) bond motifs is 5. The lowest BCUT2D eigenvalue weighted by atomic mass is 9.45. The second-order valence-corrected chi connectivity index (χ2v) is 12.0. The van der Waals surface area contributed by atoms with Crippen molar-refractivity contribution in [2.45, 2.75) is 63.9 Å². The Balaban J connectivity index is 1.61. The van der Waals surface area contributed by atoms with Gasteiger partial charge in [0.15, 0.2) is 11.4 Å². The minimum atomic E-state index is -2.12. The molecule has 0 bridgehead atoms. The van der Waals surface area contributed by atoms with Crippen LogP contribution in [0.2, 0.25) is 0 Å². The van der Waals surface area contributed by atoms with Gasteiger partial charge in [0.25, 0.3) is 0 Å². The van der Waals surface area contributed by atoms with E-state index in [0.717, 1.165) is 12.2 Å². The fraction of sp³-hybridized carbons (Fsp3) is 0.593. The summed E-state index contributed by atoms with van der Waals surface area (Å²) in [7, 11) is 0. The molecule has 3 saturated carbocycles. The van der Waals surface area contributed by atoms with E-state index in [2.05, 4.69) is 0 Å². The number of carbonyl (C=O) groups is 3. The number of alkyl halides is 3. The van der Waals surface area contributed by atoms with E-state index in [1.54, 1.807) is 13.8 Å². The fourth-order valence-electron chi connectivity index (χ4n) is 7.96. The van der Waals surface area contributed by atoms with E-state index in [4.69, 9.17) is 9.15 Å². The van der Waals surface area contributed by atoms with E-state index >= 15 is 8.78 Å². The third kappa shape index (κ3) is 3.23. The largest absolute Gasteiger partial charge is 0.511 e. The first-order valence-corrected chi connectivity index (χ1v) is 13.4. The van der Waals surface area contributed by atoms with Crippen LogP contribution < -0.4 is 0 Å². The number of allylic oxidation sites excluding steroid dienone is 3. The number of ether oxygens (including phenoxy) is 1. The first-order chi connectivity index (χ1) is 17.4. The molecule has 37 heavy (non-hydrogen) atoms. The highest BCUT2D eigenvalue weighted by Crippen LogP contribution is 2.72. The Morgan fingerprint density at radius 2 is 1.95 bits per heavy atom. The second-order valence-electron chi connectivity index (χ2n) is 11.1. The van der Waals surface area contributed by atoms with Crippen LogP contribution >= 0.6 is 11.8 Å². The number of aliphatic hydroxyl groups excluding tert-OH is 1. The van der Waals surface area contributed by atoms with Crippen LogP contribution in [-0.4, -0.2) is 45.4 Å². The Labute approximate surface area is 216 Å². The molecule has 4 aliphatic carbocycles. The normalized spacial score (nSPS) is 42.7. The third-order valence-electron chi connectivity index (χ3n) is 9.81. The molecule has 3 fully saturated rings. The highest BCUT2D eigenvalue weighted by Gasteiger charge is 2.76. The monoisotopic (exact) mass is 538 g/mol. The lowest BCUT2D eigenvalue weighted by Gasteiger charge is -2.61. The zero-order chi connectivity index (χ0) is 27.0. The lowest BCUT2D eigenvalue weighted by molar-refractivity contribution is -0.184. The Kier molecular flexibility index (Phi) is 6.01. The highest BCUT2D eigenvalue weighted by molar-refractivity contribution is 8.13. The van der Waals surface area contributed by atoms with E-state index in [1.165, 1.54) is 25.3 Å². The second kappa shape index (κ2) is 8.51. The van der Waals surface area contributed by atoms with E-state index in [9.17, 15) is 23.9 Å². The van der Waals surface area contributed by atoms with Crippen LogP contribution in [0.15, 0.2) is 46.3 Å². The van der Waals surface area contributed by atoms with E-state index in [0.29, 0.717) is 11.8 Å². The summed E-state index contributed by atoms with van der Waals surface area (Å²) >= 11 is 0.395. The average molecular weight is 539 g/mol. The van der Waals surface area contributed by atoms with Crippen molar-refractivity contribution in [1.29, 1.82) is 0 Å². The quantitative estimate of drug-likeness (QED) is 0.481. The van der Waals surface area contributed by atoms with E-state index < -0.39 is 74.7 Å². The van der Waals surface area contributed by atoms with Gasteiger partial charge in [0.1, 0.15) is 23.6 Å². The summed E-state index contributed by atoms with van der Waals surface area (Å²) in [6.45, 7) is 4.86. The van der Waals surface area contributed by atoms with Gasteiger partial charge < -0.3 is 14.3 Å². The molecule has 0 aliphatic heterocycles. The first-order valence-electron chi connectivity index (χ1n) is 12.4. The van der Waals surface area contributed by atoms with Gasteiger partial charge in [-0.05, 0) is 74.1 Å². The van der Waals surface area contributed by atoms with Crippen molar-refractivity contribution in [1.82, 2.24) is 0 Å². The van der Waals surface area contributed by atoms with Gasteiger partial charge in [-0.25, -0.2) is 18.0 Å². The molecule has 10 heteroatoms. The molecule has 0 saturated heterocycles. The molecule has 1 aromatic rings. The van der Waals surface area contributed by atoms with Gasteiger partial charge >= 0.3 is 5.97 Å². The number of rotatable bonds is 4. The fourth-order valence-corrected chi connectivity index (χ4v) is 8.75. The summed E-state index contributed by atoms with van der Waals surface area (Å²) in [6, 6.07) is 1.85. The molecule has 0 radical (unpaired) electrons. The highest BCUT2D eigenvalue weighted by atomic mass is 32.2. The lowest BCUT2D eigenvalue weighted by Crippen LogP contribution is -2.66. The average Bonchev–Trinajstić information content (AvgIpc) is 3.45. The summed E-state index contributed by atoms with van der Waals surface area (Å²) in [5.74, 6) is -4.34. The van der Waals surface area contributed by atoms with Gasteiger partial charge in [0, 0.05) is 23.3 Å². The van der Waals surface area contributed by atoms with Crippen molar-refractivity contribution in [3.05, 3.63) is 47.6 Å². The Morgan fingerprint density at radius 1 is 1.22 bits per heavy atom. The molecule has 0 spiro atoms. The molecule has 0 aromatic carbocycles. The smallest absolute Gasteiger partial charge is 0.375 e. The molecule has 6 nitrogen and oxygen atoms in total. The van der Waals surface area contributed by atoms with Crippen LogP contribution in [0.3, 0.4) is 0 Å². The number of hydrogen-bond donors (Lipinski definition) is 1. The van der Waals surface area contributed by atoms with E-state index in [-0.39, 0.29) is 37.0 Å². The number of furan rings is 1. The number of thioether (sulfide) groups is 1. The predicted octanol–water partition coefficient (Wildman–Crippen LogP) is 5.84. The topological polar surface area (TPSA) is 93.8 Å². The molecular formula is C27H29F3O6S. The van der Waals surface area contributed by atoms with Gasteiger partial charge in [0.2, 0.25) is 10.9 Å². The van der Waals surface area contributed by atoms with Crippen molar-refractivity contribution >= 4 is 28.6 Å². The summed E-state index contributed by atoms with van der Waals surface area (Å²) in [4.78, 5) is 38.7. The van der Waals surface area contributed by atoms with Gasteiger partial charge in [0.05, 0.1) is 11.7 Å². The molecule has 4 unspecified atom stereocenters. The number of ketones is 1. The first kappa shape index (κ1) is 26.1. The zero-order valence-corrected chi connectivity index (χ0v) is 21.6. The van der Waals surface area contributed by atoms with Crippen molar-refractivity contribution < 1.29 is 41.8 Å². The third-order valence-corrected chi connectivity index (χ3v) is 10.5. The van der Waals surface area contributed by atoms with E-state index in [1.807, 2.05) is 0 Å². The SMILES string of the molecule is CC1C[C@H]2[C@@H]3CC(F)C4=CC(=O)C=C(O)[C@]4(C)C3(F)CC[C@]2(C)C1(OC(=O)c1ccco1)C(=O)SCF. The Bertz CT molecular complexity index is 1210. The van der Waals surface area contributed by atoms with Crippen LogP contribution in [0.5, 0.6) is 0 Å². The zero-order valence-electron chi connectivity index (χ0n) is 20.8. The van der Waals surface area contributed by atoms with Crippen molar-refractivity contribution in [3.63, 3.8) is 0 Å². The molecule has 1 aromatic heterocycles. The molecule has 5 rings (SSSR count). The van der Waals surface area contributed by atoms with Crippen molar-refractivity contribution in [2.24, 2.45) is 28.6 Å². The standard InChI is InChI=1S/C27H29F3O6S/c1-14-9-16-17-12-19(29)18-10-15(31)11-21(32)25(18,3)26(17,30)7-6-24(16,2)27(14,23(34)37-13-28)36-22(33)20-5-4-8-35-20/h4-5,8,10-11,14,16-17,19,32H,6-7,9,12-13H2,1-3H3/t14?,16-,17-,19?,24-,25+,26?,27?/m0/s1. The predicted molar refractivity (Wildman–Crippen MR) is 129 cm³/mol. The van der Waals surface area contributed by atoms with Crippen LogP contribution in [0, 0.1) is 28.6 Å². The van der Waals surface area contributed by atoms with Crippen LogP contribution in [-0.2, 0) is 14.3 Å². The van der Waals surface area contributed by atoms with Crippen LogP contribution in [0.4, 0.5) is 13.2 Å². The molecule has 8 atom stereocenters. The minimum absolute atomic E-state index is 0.0556. The maximum atomic E-state index is 17.3. The molecule has 0 amide bonds. The molecule has 1 heterocycles. The van der Waals surface area contributed by atoms with Gasteiger partial charge in [-0.1, -0.05) is 13.8 Å². The van der Waals surface area contributed by atoms with Crippen molar-refractivity contribution in [3.8, 4) is 0 Å². The van der Waals surface area contributed by atoms with Crippen LogP contribution in [0.1, 0.15) is 57.0 Å². The van der Waals surface area contributed by atoms with Crippen LogP contribution in [0.25, 0.3) is 0 Å². The number of esters is 1. The summed E-state index contributed by atoms with van der Waals surface area (Å²) in [5.41, 5.74) is -6.89.